The smallest absolute Gasteiger partial charge is 0.308 e. The zero-order valence-electron chi connectivity index (χ0n) is 22.4. The van der Waals surface area contributed by atoms with Gasteiger partial charge < -0.3 is 24.3 Å². The van der Waals surface area contributed by atoms with Gasteiger partial charge in [-0.2, -0.15) is 0 Å². The molecule has 1 N–H and O–H groups in total. The Labute approximate surface area is 224 Å². The molecule has 2 fully saturated rings. The summed E-state index contributed by atoms with van der Waals surface area (Å²) in [5.74, 6) is 0.279. The minimum atomic E-state index is -1.55. The van der Waals surface area contributed by atoms with Crippen molar-refractivity contribution in [1.82, 2.24) is 19.5 Å². The van der Waals surface area contributed by atoms with Crippen LogP contribution in [0.5, 0.6) is 0 Å². The molecule has 0 aliphatic carbocycles. The van der Waals surface area contributed by atoms with Crippen LogP contribution < -0.4 is 5.32 Å². The Morgan fingerprint density at radius 2 is 1.95 bits per heavy atom. The van der Waals surface area contributed by atoms with Gasteiger partial charge in [0.2, 0.25) is 5.60 Å². The number of aromatic nitrogens is 4. The van der Waals surface area contributed by atoms with Crippen molar-refractivity contribution in [2.45, 2.75) is 77.9 Å². The number of carbonyl (C=O) groups excluding carboxylic acids is 4. The molecule has 0 saturated carbocycles. The molecular formula is C26H31N5O8. The molecule has 4 heterocycles. The van der Waals surface area contributed by atoms with E-state index in [1.165, 1.54) is 6.33 Å². The van der Waals surface area contributed by atoms with Gasteiger partial charge in [0.25, 0.3) is 5.91 Å². The summed E-state index contributed by atoms with van der Waals surface area (Å²) in [5.41, 5.74) is -0.962. The summed E-state index contributed by atoms with van der Waals surface area (Å²) in [6.45, 7) is 8.07. The summed E-state index contributed by atoms with van der Waals surface area (Å²) >= 11 is 0. The van der Waals surface area contributed by atoms with E-state index in [1.54, 1.807) is 39.2 Å². The lowest BCUT2D eigenvalue weighted by Crippen LogP contribution is -2.46. The van der Waals surface area contributed by atoms with Gasteiger partial charge in [0.05, 0.1) is 18.2 Å². The molecule has 4 atom stereocenters. The van der Waals surface area contributed by atoms with Crippen molar-refractivity contribution >= 4 is 40.8 Å². The van der Waals surface area contributed by atoms with Gasteiger partial charge in [-0.3, -0.25) is 23.7 Å². The largest absolute Gasteiger partial charge is 0.461 e. The predicted octanol–water partition coefficient (Wildman–Crippen LogP) is 1.84. The number of terminal acetylenes is 1. The van der Waals surface area contributed by atoms with E-state index in [4.69, 9.17) is 25.4 Å². The summed E-state index contributed by atoms with van der Waals surface area (Å²) < 4.78 is 24.0. The van der Waals surface area contributed by atoms with Crippen LogP contribution in [0.3, 0.4) is 0 Å². The average molecular weight is 542 g/mol. The first-order valence-corrected chi connectivity index (χ1v) is 12.7. The number of imidazole rings is 1. The third-order valence-electron chi connectivity index (χ3n) is 6.42. The number of fused-ring (bicyclic) bond motifs is 1. The lowest BCUT2D eigenvalue weighted by molar-refractivity contribution is -0.170. The number of nitrogens with zero attached hydrogens (tertiary/aromatic N) is 4. The van der Waals surface area contributed by atoms with Crippen LogP contribution in [0.15, 0.2) is 6.33 Å². The molecule has 2 aliphatic heterocycles. The number of ether oxygens (including phenoxy) is 4. The highest BCUT2D eigenvalue weighted by atomic mass is 16.6. The van der Waals surface area contributed by atoms with Gasteiger partial charge in [-0.15, -0.1) is 6.42 Å². The number of rotatable bonds is 8. The fourth-order valence-corrected chi connectivity index (χ4v) is 4.20. The van der Waals surface area contributed by atoms with Gasteiger partial charge in [-0.25, -0.2) is 15.0 Å². The third kappa shape index (κ3) is 5.70. The van der Waals surface area contributed by atoms with Crippen LogP contribution in [0.25, 0.3) is 11.2 Å². The number of amides is 1. The normalized spacial score (nSPS) is 24.6. The summed E-state index contributed by atoms with van der Waals surface area (Å²) in [6.07, 6.45) is 5.24. The Bertz CT molecular complexity index is 1350. The van der Waals surface area contributed by atoms with E-state index in [2.05, 4.69) is 26.2 Å². The number of cyclic esters (lactones) is 1. The van der Waals surface area contributed by atoms with E-state index < -0.39 is 59.7 Å². The first-order chi connectivity index (χ1) is 18.4. The monoisotopic (exact) mass is 541 g/mol. The molecule has 39 heavy (non-hydrogen) atoms. The number of carbonyl (C=O) groups is 4. The van der Waals surface area contributed by atoms with Gasteiger partial charge in [0.15, 0.2) is 23.1 Å². The van der Waals surface area contributed by atoms with Crippen LogP contribution in [0.2, 0.25) is 0 Å². The number of aryl methyl sites for hydroxylation is 1. The maximum absolute atomic E-state index is 12.7. The SMILES string of the molecule is C#C[C@]1(COC(=O)C(C)C)O[C@@H](n2cnc3c(NC(=O)[C@H]4CCC(=O)O4)nc(C)nc32)C[C@@H]1OC(=O)C(C)C. The molecule has 0 unspecified atom stereocenters. The van der Waals surface area contributed by atoms with Gasteiger partial charge in [-0.05, 0) is 6.92 Å². The second-order valence-electron chi connectivity index (χ2n) is 10.1. The molecule has 2 saturated heterocycles. The maximum Gasteiger partial charge on any atom is 0.308 e. The Kier molecular flexibility index (Phi) is 7.87. The van der Waals surface area contributed by atoms with E-state index in [-0.39, 0.29) is 37.2 Å². The number of hydrogen-bond acceptors (Lipinski definition) is 11. The lowest BCUT2D eigenvalue weighted by Gasteiger charge is -2.29. The molecule has 0 spiro atoms. The minimum Gasteiger partial charge on any atom is -0.461 e. The predicted molar refractivity (Wildman–Crippen MR) is 135 cm³/mol. The molecular weight excluding hydrogens is 510 g/mol. The zero-order valence-corrected chi connectivity index (χ0v) is 22.4. The highest BCUT2D eigenvalue weighted by Crippen LogP contribution is 2.40. The average Bonchev–Trinajstić information content (AvgIpc) is 3.59. The van der Waals surface area contributed by atoms with Crippen molar-refractivity contribution in [2.75, 3.05) is 11.9 Å². The van der Waals surface area contributed by atoms with Crippen molar-refractivity contribution in [3.8, 4) is 12.3 Å². The fraction of sp³-hybridized carbons (Fsp3) is 0.577. The first-order valence-electron chi connectivity index (χ1n) is 12.7. The topological polar surface area (TPSA) is 161 Å². The number of esters is 3. The van der Waals surface area contributed by atoms with Crippen LogP contribution >= 0.6 is 0 Å². The highest BCUT2D eigenvalue weighted by Gasteiger charge is 2.52. The summed E-state index contributed by atoms with van der Waals surface area (Å²) in [7, 11) is 0. The quantitative estimate of drug-likeness (QED) is 0.295. The van der Waals surface area contributed by atoms with Crippen LogP contribution in [-0.2, 0) is 38.1 Å². The molecule has 0 bridgehead atoms. The molecule has 0 aromatic carbocycles. The molecule has 2 aromatic rings. The van der Waals surface area contributed by atoms with Crippen LogP contribution in [0, 0.1) is 31.1 Å². The molecule has 13 nitrogen and oxygen atoms in total. The molecule has 4 rings (SSSR count). The number of hydrogen-bond donors (Lipinski definition) is 1. The first kappa shape index (κ1) is 28.0. The standard InChI is InChI=1S/C26H31N5O8/c1-7-26(11-36-24(34)13(2)3)17(38-25(35)14(4)5)10-18(39-26)31-12-27-20-21(28-15(6)29-22(20)31)30-23(33)16-8-9-19(32)37-16/h1,12-14,16-18H,8-11H2,2-6H3,(H,28,29,30,33)/t16-,17+,18-,26-/m1/s1. The third-order valence-corrected chi connectivity index (χ3v) is 6.42. The zero-order chi connectivity index (χ0) is 28.5. The van der Waals surface area contributed by atoms with Crippen LogP contribution in [0.4, 0.5) is 5.82 Å². The van der Waals surface area contributed by atoms with Crippen molar-refractivity contribution in [1.29, 1.82) is 0 Å². The van der Waals surface area contributed by atoms with E-state index in [1.807, 2.05) is 0 Å². The van der Waals surface area contributed by atoms with E-state index in [0.717, 1.165) is 0 Å². The molecule has 2 aromatic heterocycles. The molecule has 1 amide bonds. The Morgan fingerprint density at radius 3 is 2.56 bits per heavy atom. The van der Waals surface area contributed by atoms with E-state index in [9.17, 15) is 19.2 Å². The van der Waals surface area contributed by atoms with Crippen molar-refractivity contribution in [3.05, 3.63) is 12.2 Å². The molecule has 208 valence electrons. The fourth-order valence-electron chi connectivity index (χ4n) is 4.20. The van der Waals surface area contributed by atoms with Gasteiger partial charge in [-0.1, -0.05) is 33.6 Å². The molecule has 0 radical (unpaired) electrons. The minimum absolute atomic E-state index is 0.121. The van der Waals surface area contributed by atoms with Crippen molar-refractivity contribution < 1.29 is 38.1 Å². The molecule has 13 heteroatoms. The van der Waals surface area contributed by atoms with Gasteiger partial charge in [0, 0.05) is 19.3 Å². The number of anilines is 1. The van der Waals surface area contributed by atoms with E-state index in [0.29, 0.717) is 11.5 Å². The second-order valence-corrected chi connectivity index (χ2v) is 10.1. The highest BCUT2D eigenvalue weighted by molar-refractivity contribution is 6.00. The number of nitrogens with one attached hydrogen (secondary N) is 1. The van der Waals surface area contributed by atoms with Crippen molar-refractivity contribution in [2.24, 2.45) is 11.8 Å². The summed E-state index contributed by atoms with van der Waals surface area (Å²) in [5, 5.41) is 2.67. The van der Waals surface area contributed by atoms with E-state index >= 15 is 0 Å². The second kappa shape index (κ2) is 11.0. The summed E-state index contributed by atoms with van der Waals surface area (Å²) in [6, 6.07) is 0. The van der Waals surface area contributed by atoms with Gasteiger partial charge >= 0.3 is 17.9 Å². The van der Waals surface area contributed by atoms with Crippen LogP contribution in [-0.4, -0.2) is 67.7 Å². The van der Waals surface area contributed by atoms with Crippen LogP contribution in [0.1, 0.15) is 59.0 Å². The molecule has 2 aliphatic rings. The van der Waals surface area contributed by atoms with Gasteiger partial charge in [0.1, 0.15) is 24.8 Å². The Morgan fingerprint density at radius 1 is 1.23 bits per heavy atom. The Hall–Kier alpha value is -4.05. The lowest BCUT2D eigenvalue weighted by atomic mass is 9.98. The summed E-state index contributed by atoms with van der Waals surface area (Å²) in [4.78, 5) is 61.9. The maximum atomic E-state index is 12.7. The van der Waals surface area contributed by atoms with Crippen molar-refractivity contribution in [3.63, 3.8) is 0 Å². The Balaban J connectivity index is 1.65.